The van der Waals surface area contributed by atoms with Crippen LogP contribution in [0.3, 0.4) is 0 Å². The van der Waals surface area contributed by atoms with E-state index < -0.39 is 15.9 Å². The number of rotatable bonds is 7. The second kappa shape index (κ2) is 10.8. The molecule has 0 bridgehead atoms. The standard InChI is InChI=1S/C26H27N3O5S/c1-19(20-8-3-2-4-9-20)27-26(31)23-12-5-6-13-24(23)28-25(30)21-10-7-11-22(18-21)35(32,33)29-14-16-34-17-15-29/h2-13,18-19H,14-17H2,1H3,(H,27,31)(H,28,30)/t19-/m1/s1. The van der Waals surface area contributed by atoms with Crippen LogP contribution in [0.25, 0.3) is 0 Å². The fraction of sp³-hybridized carbons (Fsp3) is 0.231. The first-order chi connectivity index (χ1) is 16.9. The van der Waals surface area contributed by atoms with E-state index in [-0.39, 0.29) is 35.5 Å². The lowest BCUT2D eigenvalue weighted by Crippen LogP contribution is -2.40. The highest BCUT2D eigenvalue weighted by Crippen LogP contribution is 2.21. The Morgan fingerprint density at radius 1 is 0.886 bits per heavy atom. The molecule has 0 saturated carbocycles. The zero-order chi connectivity index (χ0) is 24.8. The fourth-order valence-electron chi connectivity index (χ4n) is 3.82. The monoisotopic (exact) mass is 493 g/mol. The molecule has 1 aliphatic rings. The number of carbonyl (C=O) groups excluding carboxylic acids is 2. The summed E-state index contributed by atoms with van der Waals surface area (Å²) in [5.41, 5.74) is 1.77. The number of ether oxygens (including phenoxy) is 1. The third kappa shape index (κ3) is 5.76. The smallest absolute Gasteiger partial charge is 0.255 e. The van der Waals surface area contributed by atoms with Gasteiger partial charge < -0.3 is 15.4 Å². The molecule has 2 amide bonds. The minimum absolute atomic E-state index is 0.0368. The summed E-state index contributed by atoms with van der Waals surface area (Å²) < 4.78 is 32.5. The van der Waals surface area contributed by atoms with Gasteiger partial charge in [0.25, 0.3) is 11.8 Å². The molecule has 0 aromatic heterocycles. The van der Waals surface area contributed by atoms with Crippen molar-refractivity contribution in [1.82, 2.24) is 9.62 Å². The van der Waals surface area contributed by atoms with Gasteiger partial charge in [-0.25, -0.2) is 8.42 Å². The number of para-hydroxylation sites is 1. The molecule has 1 heterocycles. The second-order valence-electron chi connectivity index (χ2n) is 8.15. The molecule has 2 N–H and O–H groups in total. The van der Waals surface area contributed by atoms with E-state index in [4.69, 9.17) is 4.74 Å². The summed E-state index contributed by atoms with van der Waals surface area (Å²) in [5, 5.41) is 5.70. The van der Waals surface area contributed by atoms with Crippen LogP contribution in [0.5, 0.6) is 0 Å². The molecule has 4 rings (SSSR count). The van der Waals surface area contributed by atoms with Gasteiger partial charge in [-0.2, -0.15) is 4.31 Å². The summed E-state index contributed by atoms with van der Waals surface area (Å²) in [6, 6.07) is 21.9. The van der Waals surface area contributed by atoms with E-state index in [0.717, 1.165) is 5.56 Å². The molecule has 1 aliphatic heterocycles. The quantitative estimate of drug-likeness (QED) is 0.525. The van der Waals surface area contributed by atoms with Crippen molar-refractivity contribution in [3.63, 3.8) is 0 Å². The number of hydrogen-bond donors (Lipinski definition) is 2. The van der Waals surface area contributed by atoms with Crippen molar-refractivity contribution in [2.75, 3.05) is 31.6 Å². The van der Waals surface area contributed by atoms with Crippen molar-refractivity contribution in [1.29, 1.82) is 0 Å². The topological polar surface area (TPSA) is 105 Å². The highest BCUT2D eigenvalue weighted by atomic mass is 32.2. The number of benzene rings is 3. The van der Waals surface area contributed by atoms with Crippen LogP contribution in [0.15, 0.2) is 83.8 Å². The largest absolute Gasteiger partial charge is 0.379 e. The van der Waals surface area contributed by atoms with Crippen LogP contribution in [0.2, 0.25) is 0 Å². The van der Waals surface area contributed by atoms with E-state index in [0.29, 0.717) is 24.5 Å². The van der Waals surface area contributed by atoms with Gasteiger partial charge in [-0.05, 0) is 42.8 Å². The Morgan fingerprint density at radius 3 is 2.31 bits per heavy atom. The van der Waals surface area contributed by atoms with Gasteiger partial charge in [0.1, 0.15) is 0 Å². The van der Waals surface area contributed by atoms with Gasteiger partial charge in [0.15, 0.2) is 0 Å². The van der Waals surface area contributed by atoms with Crippen molar-refractivity contribution in [2.24, 2.45) is 0 Å². The summed E-state index contributed by atoms with van der Waals surface area (Å²) >= 11 is 0. The van der Waals surface area contributed by atoms with E-state index in [1.807, 2.05) is 37.3 Å². The Kier molecular flexibility index (Phi) is 7.60. The second-order valence-corrected chi connectivity index (χ2v) is 10.1. The van der Waals surface area contributed by atoms with Crippen molar-refractivity contribution in [2.45, 2.75) is 17.9 Å². The van der Waals surface area contributed by atoms with Crippen LogP contribution in [0.4, 0.5) is 5.69 Å². The molecular formula is C26H27N3O5S. The number of hydrogen-bond acceptors (Lipinski definition) is 5. The van der Waals surface area contributed by atoms with Crippen molar-refractivity contribution >= 4 is 27.5 Å². The van der Waals surface area contributed by atoms with Gasteiger partial charge in [0, 0.05) is 18.7 Å². The van der Waals surface area contributed by atoms with E-state index in [2.05, 4.69) is 10.6 Å². The van der Waals surface area contributed by atoms with Gasteiger partial charge in [-0.1, -0.05) is 48.5 Å². The molecule has 0 radical (unpaired) electrons. The van der Waals surface area contributed by atoms with E-state index in [1.165, 1.54) is 28.6 Å². The number of morpholine rings is 1. The Hall–Kier alpha value is -3.53. The highest BCUT2D eigenvalue weighted by molar-refractivity contribution is 7.89. The number of anilines is 1. The average Bonchev–Trinajstić information content (AvgIpc) is 2.90. The summed E-state index contributed by atoms with van der Waals surface area (Å²) in [6.07, 6.45) is 0. The van der Waals surface area contributed by atoms with Crippen LogP contribution in [0.1, 0.15) is 39.2 Å². The number of nitrogens with zero attached hydrogens (tertiary/aromatic N) is 1. The van der Waals surface area contributed by atoms with Gasteiger partial charge in [0.2, 0.25) is 10.0 Å². The Morgan fingerprint density at radius 2 is 1.57 bits per heavy atom. The summed E-state index contributed by atoms with van der Waals surface area (Å²) in [5.74, 6) is -0.846. The lowest BCUT2D eigenvalue weighted by molar-refractivity contribution is 0.0730. The SMILES string of the molecule is C[C@@H](NC(=O)c1ccccc1NC(=O)c1cccc(S(=O)(=O)N2CCOCC2)c1)c1ccccc1. The minimum Gasteiger partial charge on any atom is -0.379 e. The predicted molar refractivity (Wildman–Crippen MR) is 133 cm³/mol. The Balaban J connectivity index is 1.51. The molecule has 3 aromatic rings. The van der Waals surface area contributed by atoms with Gasteiger partial charge in [-0.15, -0.1) is 0 Å². The third-order valence-electron chi connectivity index (χ3n) is 5.77. The van der Waals surface area contributed by atoms with Crippen LogP contribution >= 0.6 is 0 Å². The van der Waals surface area contributed by atoms with Crippen molar-refractivity contribution < 1.29 is 22.7 Å². The molecule has 0 unspecified atom stereocenters. The Bertz CT molecular complexity index is 1310. The first kappa shape index (κ1) is 24.6. The molecule has 1 saturated heterocycles. The molecule has 1 atom stereocenters. The van der Waals surface area contributed by atoms with Crippen LogP contribution < -0.4 is 10.6 Å². The molecular weight excluding hydrogens is 466 g/mol. The molecule has 0 aliphatic carbocycles. The normalized spacial score (nSPS) is 15.2. The van der Waals surface area contributed by atoms with E-state index in [9.17, 15) is 18.0 Å². The van der Waals surface area contributed by atoms with Crippen LogP contribution in [-0.2, 0) is 14.8 Å². The molecule has 182 valence electrons. The number of sulfonamides is 1. The lowest BCUT2D eigenvalue weighted by atomic mass is 10.1. The zero-order valence-electron chi connectivity index (χ0n) is 19.3. The van der Waals surface area contributed by atoms with Gasteiger partial charge in [0.05, 0.1) is 35.4 Å². The predicted octanol–water partition coefficient (Wildman–Crippen LogP) is 3.45. The number of amides is 2. The fourth-order valence-corrected chi connectivity index (χ4v) is 5.27. The highest BCUT2D eigenvalue weighted by Gasteiger charge is 2.27. The van der Waals surface area contributed by atoms with Crippen molar-refractivity contribution in [3.8, 4) is 0 Å². The average molecular weight is 494 g/mol. The molecule has 9 heteroatoms. The third-order valence-corrected chi connectivity index (χ3v) is 7.67. The maximum Gasteiger partial charge on any atom is 0.255 e. The Labute approximate surface area is 205 Å². The van der Waals surface area contributed by atoms with Gasteiger partial charge in [-0.3, -0.25) is 9.59 Å². The molecule has 8 nitrogen and oxygen atoms in total. The number of nitrogens with one attached hydrogen (secondary N) is 2. The van der Waals surface area contributed by atoms with Gasteiger partial charge >= 0.3 is 0 Å². The molecule has 0 spiro atoms. The molecule has 3 aromatic carbocycles. The minimum atomic E-state index is -3.74. The van der Waals surface area contributed by atoms with E-state index in [1.54, 1.807) is 24.3 Å². The van der Waals surface area contributed by atoms with E-state index >= 15 is 0 Å². The first-order valence-corrected chi connectivity index (χ1v) is 12.7. The summed E-state index contributed by atoms with van der Waals surface area (Å²) in [6.45, 7) is 3.09. The first-order valence-electron chi connectivity index (χ1n) is 11.3. The van der Waals surface area contributed by atoms with Crippen LogP contribution in [-0.4, -0.2) is 50.8 Å². The number of carbonyl (C=O) groups is 2. The summed E-state index contributed by atoms with van der Waals surface area (Å²) in [4.78, 5) is 26.0. The lowest BCUT2D eigenvalue weighted by Gasteiger charge is -2.26. The maximum atomic E-state index is 13.0. The van der Waals surface area contributed by atoms with Crippen molar-refractivity contribution in [3.05, 3.63) is 95.6 Å². The zero-order valence-corrected chi connectivity index (χ0v) is 20.1. The molecule has 1 fully saturated rings. The molecule has 35 heavy (non-hydrogen) atoms. The maximum absolute atomic E-state index is 13.0. The summed E-state index contributed by atoms with van der Waals surface area (Å²) in [7, 11) is -3.74. The van der Waals surface area contributed by atoms with Crippen LogP contribution in [0, 0.1) is 0 Å².